The average Bonchev–Trinajstić information content (AvgIpc) is 2.60. The van der Waals surface area contributed by atoms with Crippen LogP contribution in [0.4, 0.5) is 17.6 Å². The fourth-order valence-corrected chi connectivity index (χ4v) is 4.24. The van der Waals surface area contributed by atoms with E-state index in [1.165, 1.54) is 30.5 Å². The summed E-state index contributed by atoms with van der Waals surface area (Å²) in [6, 6.07) is 8.87. The van der Waals surface area contributed by atoms with Crippen LogP contribution >= 0.6 is 27.7 Å². The van der Waals surface area contributed by atoms with Gasteiger partial charge in [-0.2, -0.15) is 0 Å². The molecule has 3 aromatic rings. The number of pyridine rings is 1. The smallest absolute Gasteiger partial charge is 0.166 e. The summed E-state index contributed by atoms with van der Waals surface area (Å²) in [7, 11) is 0. The molecule has 1 nitrogen and oxygen atoms in total. The number of hydrogen-bond donors (Lipinski definition) is 0. The molecule has 0 aliphatic rings. The van der Waals surface area contributed by atoms with Crippen molar-refractivity contribution < 1.29 is 17.6 Å². The molecule has 0 N–H and O–H groups in total. The van der Waals surface area contributed by atoms with Crippen LogP contribution in [0.5, 0.6) is 0 Å². The molecule has 3 rings (SSSR count). The quantitative estimate of drug-likeness (QED) is 0.196. The highest BCUT2D eigenvalue weighted by molar-refractivity contribution is 9.10. The SMILES string of the molecule is Cc1cc(Br)ncc1C(Sc1ccc(F)cc1)c1c(F)ccc(F)c1F. The van der Waals surface area contributed by atoms with Gasteiger partial charge in [-0.1, -0.05) is 0 Å². The molecule has 0 amide bonds. The number of halogens is 5. The highest BCUT2D eigenvalue weighted by atomic mass is 79.9. The third-order valence-corrected chi connectivity index (χ3v) is 5.51. The van der Waals surface area contributed by atoms with Crippen LogP contribution in [0, 0.1) is 30.2 Å². The van der Waals surface area contributed by atoms with E-state index in [0.29, 0.717) is 15.1 Å². The molecule has 0 saturated heterocycles. The number of nitrogens with zero attached hydrogens (tertiary/aromatic N) is 1. The van der Waals surface area contributed by atoms with Crippen molar-refractivity contribution in [2.24, 2.45) is 0 Å². The van der Waals surface area contributed by atoms with Crippen molar-refractivity contribution in [3.05, 3.63) is 93.2 Å². The van der Waals surface area contributed by atoms with Gasteiger partial charge in [0, 0.05) is 16.7 Å². The molecular weight excluding hydrogens is 430 g/mol. The van der Waals surface area contributed by atoms with E-state index in [0.717, 1.165) is 29.5 Å². The maximum Gasteiger partial charge on any atom is 0.166 e. The molecule has 134 valence electrons. The van der Waals surface area contributed by atoms with Gasteiger partial charge in [0.25, 0.3) is 0 Å². The van der Waals surface area contributed by atoms with Crippen LogP contribution < -0.4 is 0 Å². The normalized spacial score (nSPS) is 12.2. The first kappa shape index (κ1) is 18.9. The summed E-state index contributed by atoms with van der Waals surface area (Å²) in [6.45, 7) is 1.77. The molecule has 0 aliphatic heterocycles. The lowest BCUT2D eigenvalue weighted by atomic mass is 10.0. The number of rotatable bonds is 4. The minimum atomic E-state index is -1.24. The third-order valence-electron chi connectivity index (χ3n) is 3.81. The topological polar surface area (TPSA) is 12.9 Å². The second-order valence-corrected chi connectivity index (χ2v) is 7.56. The highest BCUT2D eigenvalue weighted by Crippen LogP contribution is 2.44. The van der Waals surface area contributed by atoms with E-state index < -0.39 is 34.1 Å². The predicted molar refractivity (Wildman–Crippen MR) is 97.1 cm³/mol. The fraction of sp³-hybridized carbons (Fsp3) is 0.105. The van der Waals surface area contributed by atoms with Crippen molar-refractivity contribution in [3.8, 4) is 0 Å². The van der Waals surface area contributed by atoms with Crippen LogP contribution in [0.1, 0.15) is 21.9 Å². The van der Waals surface area contributed by atoms with E-state index in [-0.39, 0.29) is 0 Å². The molecule has 1 aromatic heterocycles. The Balaban J connectivity index is 2.16. The van der Waals surface area contributed by atoms with Crippen molar-refractivity contribution in [2.75, 3.05) is 0 Å². The standard InChI is InChI=1S/C19H12BrF4NS/c1-10-8-16(20)25-9-13(10)19(26-12-4-2-11(21)3-5-12)17-14(22)6-7-15(23)18(17)24/h2-9,19H,1H3. The fourth-order valence-electron chi connectivity index (χ4n) is 2.52. The molecule has 0 radical (unpaired) electrons. The Bertz CT molecular complexity index is 947. The summed E-state index contributed by atoms with van der Waals surface area (Å²) in [5.74, 6) is -3.65. The Morgan fingerprint density at radius 1 is 0.962 bits per heavy atom. The van der Waals surface area contributed by atoms with E-state index in [1.807, 2.05) is 0 Å². The first-order valence-corrected chi connectivity index (χ1v) is 9.21. The van der Waals surface area contributed by atoms with Crippen molar-refractivity contribution in [2.45, 2.75) is 17.1 Å². The lowest BCUT2D eigenvalue weighted by molar-refractivity contribution is 0.481. The molecule has 0 fully saturated rings. The predicted octanol–water partition coefficient (Wildman–Crippen LogP) is 6.59. The van der Waals surface area contributed by atoms with Gasteiger partial charge in [0.1, 0.15) is 16.2 Å². The van der Waals surface area contributed by atoms with Crippen molar-refractivity contribution in [3.63, 3.8) is 0 Å². The van der Waals surface area contributed by atoms with Crippen molar-refractivity contribution in [1.29, 1.82) is 0 Å². The number of thioether (sulfide) groups is 1. The Morgan fingerprint density at radius 2 is 1.62 bits per heavy atom. The second kappa shape index (κ2) is 7.80. The van der Waals surface area contributed by atoms with Crippen molar-refractivity contribution in [1.82, 2.24) is 4.98 Å². The van der Waals surface area contributed by atoms with Gasteiger partial charge in [-0.3, -0.25) is 0 Å². The molecule has 26 heavy (non-hydrogen) atoms. The molecule has 0 aliphatic carbocycles. The Hall–Kier alpha value is -1.86. The zero-order valence-corrected chi connectivity index (χ0v) is 15.8. The first-order valence-electron chi connectivity index (χ1n) is 7.54. The van der Waals surface area contributed by atoms with Gasteiger partial charge in [0.2, 0.25) is 0 Å². The maximum atomic E-state index is 14.5. The summed E-state index contributed by atoms with van der Waals surface area (Å²) < 4.78 is 56.4. The molecular formula is C19H12BrF4NS. The molecule has 1 unspecified atom stereocenters. The van der Waals surface area contributed by atoms with Gasteiger partial charge < -0.3 is 0 Å². The number of aryl methyl sites for hydroxylation is 1. The van der Waals surface area contributed by atoms with Crippen LogP contribution in [-0.4, -0.2) is 4.98 Å². The summed E-state index contributed by atoms with van der Waals surface area (Å²) in [4.78, 5) is 4.71. The Labute approximate surface area is 160 Å². The first-order chi connectivity index (χ1) is 12.4. The summed E-state index contributed by atoms with van der Waals surface area (Å²) in [5, 5.41) is -0.892. The number of hydrogen-bond acceptors (Lipinski definition) is 2. The van der Waals surface area contributed by atoms with Crippen molar-refractivity contribution >= 4 is 27.7 Å². The lowest BCUT2D eigenvalue weighted by Crippen LogP contribution is -2.07. The molecule has 0 bridgehead atoms. The van der Waals surface area contributed by atoms with Crippen LogP contribution in [0.2, 0.25) is 0 Å². The number of aromatic nitrogens is 1. The summed E-state index contributed by atoms with van der Waals surface area (Å²) in [5.41, 5.74) is 0.868. The Morgan fingerprint density at radius 3 is 2.27 bits per heavy atom. The summed E-state index contributed by atoms with van der Waals surface area (Å²) >= 11 is 4.34. The van der Waals surface area contributed by atoms with Gasteiger partial charge in [0.05, 0.1) is 5.25 Å². The van der Waals surface area contributed by atoms with E-state index >= 15 is 0 Å². The Kier molecular flexibility index (Phi) is 5.67. The molecule has 0 spiro atoms. The number of benzene rings is 2. The van der Waals surface area contributed by atoms with Gasteiger partial charge in [-0.05, 0) is 76.4 Å². The zero-order chi connectivity index (χ0) is 18.8. The van der Waals surface area contributed by atoms with E-state index in [2.05, 4.69) is 20.9 Å². The van der Waals surface area contributed by atoms with E-state index in [4.69, 9.17) is 0 Å². The highest BCUT2D eigenvalue weighted by Gasteiger charge is 2.27. The van der Waals surface area contributed by atoms with Gasteiger partial charge in [0.15, 0.2) is 11.6 Å². The molecule has 1 atom stereocenters. The van der Waals surface area contributed by atoms with Crippen LogP contribution in [0.25, 0.3) is 0 Å². The monoisotopic (exact) mass is 441 g/mol. The molecule has 2 aromatic carbocycles. The van der Waals surface area contributed by atoms with Gasteiger partial charge in [-0.25, -0.2) is 22.5 Å². The van der Waals surface area contributed by atoms with Gasteiger partial charge >= 0.3 is 0 Å². The van der Waals surface area contributed by atoms with Crippen LogP contribution in [-0.2, 0) is 0 Å². The van der Waals surface area contributed by atoms with E-state index in [1.54, 1.807) is 13.0 Å². The minimum absolute atomic E-state index is 0.397. The molecule has 0 saturated carbocycles. The maximum absolute atomic E-state index is 14.5. The third kappa shape index (κ3) is 3.94. The van der Waals surface area contributed by atoms with E-state index in [9.17, 15) is 17.6 Å². The zero-order valence-electron chi connectivity index (χ0n) is 13.4. The average molecular weight is 442 g/mol. The minimum Gasteiger partial charge on any atom is -0.249 e. The van der Waals surface area contributed by atoms with Crippen LogP contribution in [0.3, 0.4) is 0 Å². The molecule has 1 heterocycles. The van der Waals surface area contributed by atoms with Gasteiger partial charge in [-0.15, -0.1) is 11.8 Å². The summed E-state index contributed by atoms with van der Waals surface area (Å²) in [6.07, 6.45) is 1.49. The van der Waals surface area contributed by atoms with Crippen LogP contribution in [0.15, 0.2) is 58.2 Å². The second-order valence-electron chi connectivity index (χ2n) is 5.57. The lowest BCUT2D eigenvalue weighted by Gasteiger charge is -2.21. The molecule has 7 heteroatoms. The largest absolute Gasteiger partial charge is 0.249 e.